The molecular weight excluding hydrogens is 389 g/mol. The fourth-order valence-electron chi connectivity index (χ4n) is 4.65. The smallest absolute Gasteiger partial charge is 0.310 e. The number of hydrogen-bond donors (Lipinski definition) is 0. The van der Waals surface area contributed by atoms with E-state index in [2.05, 4.69) is 57.8 Å². The molecule has 4 saturated heterocycles. The van der Waals surface area contributed by atoms with Crippen molar-refractivity contribution in [2.45, 2.75) is 31.3 Å². The van der Waals surface area contributed by atoms with Crippen molar-refractivity contribution >= 4 is 34.6 Å². The zero-order valence-electron chi connectivity index (χ0n) is 12.7. The topological polar surface area (TPSA) is 29.5 Å². The van der Waals surface area contributed by atoms with Gasteiger partial charge < -0.3 is 4.74 Å². The molecular formula is C18H20INO2. The molecule has 116 valence electrons. The Kier molecular flexibility index (Phi) is 3.77. The predicted octanol–water partition coefficient (Wildman–Crippen LogP) is 3.33. The first-order chi connectivity index (χ1) is 10.7. The number of halogens is 1. The van der Waals surface area contributed by atoms with E-state index in [0.717, 1.165) is 19.4 Å². The molecule has 5 atom stereocenters. The highest BCUT2D eigenvalue weighted by molar-refractivity contribution is 14.1. The van der Waals surface area contributed by atoms with E-state index >= 15 is 0 Å². The third-order valence-corrected chi connectivity index (χ3v) is 6.32. The number of nitrogens with zero attached hydrogens (tertiary/aromatic N) is 1. The van der Waals surface area contributed by atoms with E-state index in [0.29, 0.717) is 18.0 Å². The molecule has 4 aliphatic heterocycles. The highest BCUT2D eigenvalue weighted by Gasteiger charge is 2.55. The molecule has 1 unspecified atom stereocenters. The molecule has 1 aromatic carbocycles. The van der Waals surface area contributed by atoms with Gasteiger partial charge in [0.2, 0.25) is 0 Å². The van der Waals surface area contributed by atoms with Crippen LogP contribution in [0.25, 0.3) is 6.08 Å². The first kappa shape index (κ1) is 14.7. The number of benzene rings is 1. The SMILES string of the molecule is COC(=O)[C@H]1[C@@H]2C[C@@H]3CC[C@H]1N3C/C2=C\c1ccc(I)cc1. The lowest BCUT2D eigenvalue weighted by atomic mass is 9.71. The molecule has 0 amide bonds. The van der Waals surface area contributed by atoms with Crippen LogP contribution in [0, 0.1) is 15.4 Å². The number of fused-ring (bicyclic) bond motifs is 1. The molecule has 0 N–H and O–H groups in total. The van der Waals surface area contributed by atoms with Crippen LogP contribution in [-0.2, 0) is 9.53 Å². The van der Waals surface area contributed by atoms with Crippen LogP contribution >= 0.6 is 22.6 Å². The number of ether oxygens (including phenoxy) is 1. The summed E-state index contributed by atoms with van der Waals surface area (Å²) in [6.45, 7) is 1.03. The second-order valence-corrected chi connectivity index (χ2v) is 7.88. The summed E-state index contributed by atoms with van der Waals surface area (Å²) in [6, 6.07) is 9.68. The van der Waals surface area contributed by atoms with Crippen molar-refractivity contribution < 1.29 is 9.53 Å². The normalized spacial score (nSPS) is 37.5. The molecule has 0 saturated carbocycles. The summed E-state index contributed by atoms with van der Waals surface area (Å²) >= 11 is 2.33. The first-order valence-corrected chi connectivity index (χ1v) is 9.05. The number of esters is 1. The average molecular weight is 409 g/mol. The van der Waals surface area contributed by atoms with Gasteiger partial charge in [-0.3, -0.25) is 9.69 Å². The maximum atomic E-state index is 12.3. The van der Waals surface area contributed by atoms with Gasteiger partial charge in [-0.1, -0.05) is 23.8 Å². The Bertz CT molecular complexity index is 624. The average Bonchev–Trinajstić information content (AvgIpc) is 2.84. The second-order valence-electron chi connectivity index (χ2n) is 6.63. The summed E-state index contributed by atoms with van der Waals surface area (Å²) in [5.41, 5.74) is 2.64. The minimum Gasteiger partial charge on any atom is -0.469 e. The third kappa shape index (κ3) is 2.31. The van der Waals surface area contributed by atoms with Crippen LogP contribution in [0.1, 0.15) is 24.8 Å². The van der Waals surface area contributed by atoms with Crippen LogP contribution in [0.15, 0.2) is 29.8 Å². The highest BCUT2D eigenvalue weighted by atomic mass is 127. The number of rotatable bonds is 2. The van der Waals surface area contributed by atoms with Crippen molar-refractivity contribution in [3.63, 3.8) is 0 Å². The van der Waals surface area contributed by atoms with E-state index < -0.39 is 0 Å². The van der Waals surface area contributed by atoms with Gasteiger partial charge in [0.15, 0.2) is 0 Å². The van der Waals surface area contributed by atoms with E-state index in [9.17, 15) is 4.79 Å². The summed E-state index contributed by atoms with van der Waals surface area (Å²) in [6.07, 6.45) is 5.80. The van der Waals surface area contributed by atoms with E-state index in [4.69, 9.17) is 4.74 Å². The summed E-state index contributed by atoms with van der Waals surface area (Å²) in [4.78, 5) is 14.9. The Labute approximate surface area is 144 Å². The van der Waals surface area contributed by atoms with E-state index in [-0.39, 0.29) is 11.9 Å². The Morgan fingerprint density at radius 2 is 2.09 bits per heavy atom. The Morgan fingerprint density at radius 3 is 2.82 bits per heavy atom. The zero-order chi connectivity index (χ0) is 15.3. The number of hydrogen-bond acceptors (Lipinski definition) is 3. The quantitative estimate of drug-likeness (QED) is 0.555. The molecule has 4 bridgehead atoms. The van der Waals surface area contributed by atoms with Crippen molar-refractivity contribution in [1.29, 1.82) is 0 Å². The van der Waals surface area contributed by atoms with Gasteiger partial charge in [-0.05, 0) is 65.5 Å². The molecule has 4 aliphatic rings. The molecule has 4 heterocycles. The monoisotopic (exact) mass is 409 g/mol. The van der Waals surface area contributed by atoms with Crippen LogP contribution in [0.4, 0.5) is 0 Å². The highest BCUT2D eigenvalue weighted by Crippen LogP contribution is 2.50. The minimum absolute atomic E-state index is 0.0199. The summed E-state index contributed by atoms with van der Waals surface area (Å²) < 4.78 is 6.36. The van der Waals surface area contributed by atoms with Crippen LogP contribution in [0.5, 0.6) is 0 Å². The molecule has 5 rings (SSSR count). The fraction of sp³-hybridized carbons (Fsp3) is 0.500. The molecule has 4 heteroatoms. The lowest BCUT2D eigenvalue weighted by Crippen LogP contribution is -2.58. The lowest BCUT2D eigenvalue weighted by molar-refractivity contribution is -0.153. The van der Waals surface area contributed by atoms with Crippen molar-refractivity contribution in [1.82, 2.24) is 4.90 Å². The maximum absolute atomic E-state index is 12.3. The van der Waals surface area contributed by atoms with Gasteiger partial charge in [-0.2, -0.15) is 0 Å². The summed E-state index contributed by atoms with van der Waals surface area (Å²) in [7, 11) is 1.52. The van der Waals surface area contributed by atoms with E-state index in [1.165, 1.54) is 28.2 Å². The largest absolute Gasteiger partial charge is 0.469 e. The van der Waals surface area contributed by atoms with Crippen molar-refractivity contribution in [3.05, 3.63) is 39.0 Å². The first-order valence-electron chi connectivity index (χ1n) is 7.97. The molecule has 0 aromatic heterocycles. The van der Waals surface area contributed by atoms with Gasteiger partial charge in [0.05, 0.1) is 13.0 Å². The van der Waals surface area contributed by atoms with Gasteiger partial charge in [-0.25, -0.2) is 0 Å². The van der Waals surface area contributed by atoms with Crippen molar-refractivity contribution in [2.24, 2.45) is 11.8 Å². The van der Waals surface area contributed by atoms with Crippen molar-refractivity contribution in [3.8, 4) is 0 Å². The Balaban J connectivity index is 1.68. The van der Waals surface area contributed by atoms with Crippen LogP contribution < -0.4 is 0 Å². The summed E-state index contributed by atoms with van der Waals surface area (Å²) in [5, 5.41) is 0. The molecule has 0 spiro atoms. The molecule has 4 fully saturated rings. The van der Waals surface area contributed by atoms with Gasteiger partial charge in [0.25, 0.3) is 0 Å². The van der Waals surface area contributed by atoms with Crippen LogP contribution in [0.3, 0.4) is 0 Å². The standard InChI is InChI=1S/C18H20INO2/c1-22-18(21)17-15-9-14-6-7-16(17)20(14)10-12(15)8-11-2-4-13(19)5-3-11/h2-5,8,14-17H,6-7,9-10H2,1H3/b12-8+/t14-,15+,16+,17-/m0/s1. The number of carbonyl (C=O) groups excluding carboxylic acids is 1. The van der Waals surface area contributed by atoms with Gasteiger partial charge >= 0.3 is 5.97 Å². The second kappa shape index (κ2) is 5.64. The molecule has 0 radical (unpaired) electrons. The number of carbonyl (C=O) groups is 1. The van der Waals surface area contributed by atoms with Crippen LogP contribution in [0.2, 0.25) is 0 Å². The predicted molar refractivity (Wildman–Crippen MR) is 94.3 cm³/mol. The molecule has 3 nitrogen and oxygen atoms in total. The molecule has 1 aromatic rings. The van der Waals surface area contributed by atoms with Crippen LogP contribution in [-0.4, -0.2) is 36.6 Å². The lowest BCUT2D eigenvalue weighted by Gasteiger charge is -2.50. The fourth-order valence-corrected chi connectivity index (χ4v) is 5.01. The third-order valence-electron chi connectivity index (χ3n) is 5.60. The van der Waals surface area contributed by atoms with Gasteiger partial charge in [-0.15, -0.1) is 0 Å². The zero-order valence-corrected chi connectivity index (χ0v) is 14.8. The Morgan fingerprint density at radius 1 is 1.32 bits per heavy atom. The van der Waals surface area contributed by atoms with E-state index in [1.54, 1.807) is 0 Å². The van der Waals surface area contributed by atoms with Crippen molar-refractivity contribution in [2.75, 3.05) is 13.7 Å². The summed E-state index contributed by atoms with van der Waals surface area (Å²) in [5.74, 6) is 0.385. The van der Waals surface area contributed by atoms with Gasteiger partial charge in [0.1, 0.15) is 0 Å². The molecule has 0 aliphatic carbocycles. The minimum atomic E-state index is -0.0199. The number of piperidine rings is 3. The van der Waals surface area contributed by atoms with E-state index in [1.807, 2.05) is 0 Å². The Hall–Kier alpha value is -0.880. The molecule has 22 heavy (non-hydrogen) atoms. The maximum Gasteiger partial charge on any atom is 0.310 e. The number of methoxy groups -OCH3 is 1. The van der Waals surface area contributed by atoms with Gasteiger partial charge in [0, 0.05) is 22.2 Å².